The summed E-state index contributed by atoms with van der Waals surface area (Å²) in [4.78, 5) is 11.8. The predicted octanol–water partition coefficient (Wildman–Crippen LogP) is 2.11. The number of benzene rings is 1. The van der Waals surface area contributed by atoms with Crippen molar-refractivity contribution in [2.45, 2.75) is 38.7 Å². The summed E-state index contributed by atoms with van der Waals surface area (Å²) in [6.45, 7) is 3.63. The number of aryl methyl sites for hydroxylation is 1. The quantitative estimate of drug-likeness (QED) is 0.833. The van der Waals surface area contributed by atoms with E-state index in [1.807, 2.05) is 12.1 Å². The van der Waals surface area contributed by atoms with Gasteiger partial charge in [0.15, 0.2) is 5.60 Å². The third-order valence-electron chi connectivity index (χ3n) is 3.83. The Hall–Kier alpha value is -1.35. The maximum atomic E-state index is 11.8. The van der Waals surface area contributed by atoms with Gasteiger partial charge in [-0.05, 0) is 44.2 Å². The number of carbonyl (C=O) groups is 1. The molecule has 2 rings (SSSR count). The summed E-state index contributed by atoms with van der Waals surface area (Å²) in [5, 5.41) is 10.4. The minimum atomic E-state index is -1.39. The van der Waals surface area contributed by atoms with Crippen molar-refractivity contribution in [1.29, 1.82) is 0 Å². The molecule has 2 unspecified atom stereocenters. The second kappa shape index (κ2) is 5.11. The van der Waals surface area contributed by atoms with E-state index in [9.17, 15) is 9.90 Å². The zero-order valence-corrected chi connectivity index (χ0v) is 11.0. The van der Waals surface area contributed by atoms with Gasteiger partial charge in [0, 0.05) is 5.92 Å². The van der Waals surface area contributed by atoms with Crippen LogP contribution in [0.2, 0.25) is 0 Å². The van der Waals surface area contributed by atoms with Crippen LogP contribution in [0.4, 0.5) is 0 Å². The Balaban J connectivity index is 2.15. The van der Waals surface area contributed by atoms with Crippen LogP contribution in [-0.4, -0.2) is 23.3 Å². The second-order valence-corrected chi connectivity index (χ2v) is 5.08. The highest BCUT2D eigenvalue weighted by Gasteiger charge is 2.41. The van der Waals surface area contributed by atoms with Crippen LogP contribution in [0.5, 0.6) is 0 Å². The molecule has 0 saturated heterocycles. The van der Waals surface area contributed by atoms with E-state index in [2.05, 4.69) is 12.1 Å². The molecule has 0 aliphatic heterocycles. The summed E-state index contributed by atoms with van der Waals surface area (Å²) in [5.41, 5.74) is 1.18. The number of aliphatic hydroxyl groups is 1. The zero-order chi connectivity index (χ0) is 13.2. The molecule has 0 aromatic heterocycles. The first kappa shape index (κ1) is 13.1. The molecule has 1 aliphatic carbocycles. The van der Waals surface area contributed by atoms with Gasteiger partial charge >= 0.3 is 5.97 Å². The van der Waals surface area contributed by atoms with Gasteiger partial charge < -0.3 is 9.84 Å². The van der Waals surface area contributed by atoms with Gasteiger partial charge in [-0.15, -0.1) is 0 Å². The maximum Gasteiger partial charge on any atom is 0.338 e. The SMILES string of the molecule is CCOC(=O)C(C)(O)C1CCc2ccccc2C1. The topological polar surface area (TPSA) is 46.5 Å². The number of fused-ring (bicyclic) bond motifs is 1. The number of rotatable bonds is 3. The Bertz CT molecular complexity index is 437. The molecule has 3 heteroatoms. The van der Waals surface area contributed by atoms with E-state index in [0.29, 0.717) is 6.61 Å². The number of ether oxygens (including phenoxy) is 1. The lowest BCUT2D eigenvalue weighted by molar-refractivity contribution is -0.169. The molecule has 18 heavy (non-hydrogen) atoms. The molecule has 3 nitrogen and oxygen atoms in total. The molecule has 0 amide bonds. The minimum absolute atomic E-state index is 0.0635. The number of hydrogen-bond acceptors (Lipinski definition) is 3. The Morgan fingerprint density at radius 1 is 1.44 bits per heavy atom. The van der Waals surface area contributed by atoms with Crippen LogP contribution < -0.4 is 0 Å². The van der Waals surface area contributed by atoms with E-state index >= 15 is 0 Å². The van der Waals surface area contributed by atoms with Crippen LogP contribution in [0.1, 0.15) is 31.4 Å². The van der Waals surface area contributed by atoms with E-state index in [1.165, 1.54) is 11.1 Å². The number of carbonyl (C=O) groups excluding carboxylic acids is 1. The van der Waals surface area contributed by atoms with Crippen molar-refractivity contribution in [3.8, 4) is 0 Å². The molecule has 2 atom stereocenters. The molecular weight excluding hydrogens is 228 g/mol. The average molecular weight is 248 g/mol. The summed E-state index contributed by atoms with van der Waals surface area (Å²) < 4.78 is 4.96. The molecule has 0 bridgehead atoms. The lowest BCUT2D eigenvalue weighted by Gasteiger charge is -2.34. The largest absolute Gasteiger partial charge is 0.464 e. The fourth-order valence-corrected chi connectivity index (χ4v) is 2.62. The van der Waals surface area contributed by atoms with Gasteiger partial charge in [0.05, 0.1) is 6.61 Å². The lowest BCUT2D eigenvalue weighted by Crippen LogP contribution is -2.46. The minimum Gasteiger partial charge on any atom is -0.464 e. The smallest absolute Gasteiger partial charge is 0.338 e. The molecule has 0 saturated carbocycles. The highest BCUT2D eigenvalue weighted by atomic mass is 16.5. The predicted molar refractivity (Wildman–Crippen MR) is 69.2 cm³/mol. The van der Waals surface area contributed by atoms with Crippen molar-refractivity contribution in [3.63, 3.8) is 0 Å². The number of esters is 1. The molecule has 0 radical (unpaired) electrons. The Morgan fingerprint density at radius 2 is 2.11 bits per heavy atom. The first-order chi connectivity index (χ1) is 8.55. The van der Waals surface area contributed by atoms with Crippen LogP contribution in [0.3, 0.4) is 0 Å². The standard InChI is InChI=1S/C15H20O3/c1-3-18-14(16)15(2,17)13-9-8-11-6-4-5-7-12(11)10-13/h4-7,13,17H,3,8-10H2,1-2H3. The summed E-state index contributed by atoms with van der Waals surface area (Å²) in [5.74, 6) is -0.569. The highest BCUT2D eigenvalue weighted by molar-refractivity contribution is 5.79. The summed E-state index contributed by atoms with van der Waals surface area (Å²) in [6.07, 6.45) is 2.47. The molecule has 0 fully saturated rings. The van der Waals surface area contributed by atoms with Crippen molar-refractivity contribution in [2.75, 3.05) is 6.61 Å². The van der Waals surface area contributed by atoms with Crippen LogP contribution in [0, 0.1) is 5.92 Å². The van der Waals surface area contributed by atoms with Crippen molar-refractivity contribution in [2.24, 2.45) is 5.92 Å². The van der Waals surface area contributed by atoms with Crippen molar-refractivity contribution in [1.82, 2.24) is 0 Å². The van der Waals surface area contributed by atoms with Crippen molar-refractivity contribution >= 4 is 5.97 Å². The molecule has 0 spiro atoms. The zero-order valence-electron chi connectivity index (χ0n) is 11.0. The molecule has 0 heterocycles. The average Bonchev–Trinajstić information content (AvgIpc) is 2.38. The fourth-order valence-electron chi connectivity index (χ4n) is 2.62. The van der Waals surface area contributed by atoms with Gasteiger partial charge in [0.2, 0.25) is 0 Å². The maximum absolute atomic E-state index is 11.8. The van der Waals surface area contributed by atoms with E-state index in [4.69, 9.17) is 4.74 Å². The Kier molecular flexibility index (Phi) is 3.71. The van der Waals surface area contributed by atoms with Crippen LogP contribution >= 0.6 is 0 Å². The summed E-state index contributed by atoms with van der Waals surface area (Å²) in [6, 6.07) is 8.22. The molecule has 1 aromatic rings. The van der Waals surface area contributed by atoms with Crippen LogP contribution in [0.25, 0.3) is 0 Å². The molecule has 1 aliphatic rings. The van der Waals surface area contributed by atoms with Gasteiger partial charge in [-0.1, -0.05) is 24.3 Å². The van der Waals surface area contributed by atoms with Gasteiger partial charge in [-0.3, -0.25) is 0 Å². The number of hydrogen-bond donors (Lipinski definition) is 1. The third-order valence-corrected chi connectivity index (χ3v) is 3.83. The third kappa shape index (κ3) is 2.41. The summed E-state index contributed by atoms with van der Waals surface area (Å²) >= 11 is 0. The monoisotopic (exact) mass is 248 g/mol. The first-order valence-electron chi connectivity index (χ1n) is 6.52. The normalized spacial score (nSPS) is 21.8. The van der Waals surface area contributed by atoms with Gasteiger partial charge in [0.1, 0.15) is 0 Å². The van der Waals surface area contributed by atoms with Crippen LogP contribution in [0.15, 0.2) is 24.3 Å². The van der Waals surface area contributed by atoms with Gasteiger partial charge in [-0.2, -0.15) is 0 Å². The van der Waals surface area contributed by atoms with E-state index in [1.54, 1.807) is 13.8 Å². The van der Waals surface area contributed by atoms with Crippen molar-refractivity contribution in [3.05, 3.63) is 35.4 Å². The Labute approximate surface area is 108 Å². The van der Waals surface area contributed by atoms with E-state index < -0.39 is 11.6 Å². The van der Waals surface area contributed by atoms with E-state index in [0.717, 1.165) is 19.3 Å². The van der Waals surface area contributed by atoms with Crippen molar-refractivity contribution < 1.29 is 14.6 Å². The lowest BCUT2D eigenvalue weighted by atomic mass is 9.75. The van der Waals surface area contributed by atoms with Crippen LogP contribution in [-0.2, 0) is 22.4 Å². The molecule has 98 valence electrons. The van der Waals surface area contributed by atoms with Gasteiger partial charge in [0.25, 0.3) is 0 Å². The fraction of sp³-hybridized carbons (Fsp3) is 0.533. The second-order valence-electron chi connectivity index (χ2n) is 5.08. The molecule has 1 N–H and O–H groups in total. The van der Waals surface area contributed by atoms with Gasteiger partial charge in [-0.25, -0.2) is 4.79 Å². The Morgan fingerprint density at radius 3 is 2.78 bits per heavy atom. The van der Waals surface area contributed by atoms with E-state index in [-0.39, 0.29) is 5.92 Å². The molecular formula is C15H20O3. The highest BCUT2D eigenvalue weighted by Crippen LogP contribution is 2.33. The summed E-state index contributed by atoms with van der Waals surface area (Å²) in [7, 11) is 0. The molecule has 1 aromatic carbocycles. The first-order valence-corrected chi connectivity index (χ1v) is 6.52.